The minimum Gasteiger partial charge on any atom is -0.324 e. The summed E-state index contributed by atoms with van der Waals surface area (Å²) >= 11 is 1.54. The van der Waals surface area contributed by atoms with Crippen LogP contribution in [0.5, 0.6) is 0 Å². The van der Waals surface area contributed by atoms with E-state index in [-0.39, 0.29) is 5.92 Å². The first kappa shape index (κ1) is 19.0. The van der Waals surface area contributed by atoms with Crippen LogP contribution in [0.15, 0.2) is 60.1 Å². The van der Waals surface area contributed by atoms with Crippen LogP contribution in [-0.2, 0) is 4.79 Å². The van der Waals surface area contributed by atoms with Gasteiger partial charge in [-0.05, 0) is 42.3 Å². The molecule has 0 saturated carbocycles. The molecule has 3 aromatic rings. The molecule has 1 atom stereocenters. The molecule has 6 nitrogen and oxygen atoms in total. The largest absolute Gasteiger partial charge is 0.324 e. The molecule has 0 aliphatic carbocycles. The fraction of sp³-hybridized carbons (Fsp3) is 0.182. The summed E-state index contributed by atoms with van der Waals surface area (Å²) in [7, 11) is 0. The second kappa shape index (κ2) is 7.60. The van der Waals surface area contributed by atoms with Crippen LogP contribution in [0.2, 0.25) is 0 Å². The zero-order chi connectivity index (χ0) is 20.5. The van der Waals surface area contributed by atoms with Crippen LogP contribution in [0.3, 0.4) is 0 Å². The van der Waals surface area contributed by atoms with Gasteiger partial charge in [-0.1, -0.05) is 26.0 Å². The summed E-state index contributed by atoms with van der Waals surface area (Å²) < 4.78 is 0. The molecule has 2 heterocycles. The van der Waals surface area contributed by atoms with Crippen molar-refractivity contribution in [1.82, 2.24) is 9.88 Å². The topological polar surface area (TPSA) is 79.4 Å². The lowest BCUT2D eigenvalue weighted by Crippen LogP contribution is -2.50. The van der Waals surface area contributed by atoms with Crippen LogP contribution in [0.25, 0.3) is 10.6 Å². The molecular formula is C22H19N3O3S. The zero-order valence-corrected chi connectivity index (χ0v) is 16.8. The molecule has 0 radical (unpaired) electrons. The van der Waals surface area contributed by atoms with Crippen molar-refractivity contribution in [3.8, 4) is 10.6 Å². The van der Waals surface area contributed by atoms with Crippen molar-refractivity contribution < 1.29 is 14.4 Å². The van der Waals surface area contributed by atoms with Crippen LogP contribution >= 0.6 is 11.3 Å². The number of aromatic nitrogens is 1. The third kappa shape index (κ3) is 3.45. The van der Waals surface area contributed by atoms with Gasteiger partial charge in [0, 0.05) is 22.8 Å². The van der Waals surface area contributed by atoms with Crippen LogP contribution in [0, 0.1) is 5.92 Å². The summed E-state index contributed by atoms with van der Waals surface area (Å²) in [5, 5.41) is 5.64. The molecule has 0 fully saturated rings. The summed E-state index contributed by atoms with van der Waals surface area (Å²) in [6, 6.07) is 13.1. The number of amides is 3. The Bertz CT molecular complexity index is 1040. The number of nitrogens with zero attached hydrogens (tertiary/aromatic N) is 2. The van der Waals surface area contributed by atoms with E-state index in [0.29, 0.717) is 16.8 Å². The third-order valence-corrected chi connectivity index (χ3v) is 5.66. The molecule has 1 N–H and O–H groups in total. The number of nitrogens with one attached hydrogen (secondary N) is 1. The van der Waals surface area contributed by atoms with Gasteiger partial charge in [0.1, 0.15) is 11.0 Å². The van der Waals surface area contributed by atoms with E-state index in [9.17, 15) is 14.4 Å². The number of rotatable bonds is 5. The molecule has 0 spiro atoms. The van der Waals surface area contributed by atoms with Crippen LogP contribution in [-0.4, -0.2) is 33.6 Å². The molecular weight excluding hydrogens is 386 g/mol. The molecule has 1 unspecified atom stereocenters. The Labute approximate surface area is 172 Å². The third-order valence-electron chi connectivity index (χ3n) is 4.84. The zero-order valence-electron chi connectivity index (χ0n) is 16.0. The molecule has 3 amide bonds. The van der Waals surface area contributed by atoms with E-state index >= 15 is 0 Å². The number of imide groups is 1. The van der Waals surface area contributed by atoms with Crippen molar-refractivity contribution in [2.75, 3.05) is 5.32 Å². The lowest BCUT2D eigenvalue weighted by molar-refractivity contribution is -0.121. The highest BCUT2D eigenvalue weighted by Gasteiger charge is 2.43. The van der Waals surface area contributed by atoms with Crippen LogP contribution in [0.1, 0.15) is 34.6 Å². The minimum absolute atomic E-state index is 0.244. The highest BCUT2D eigenvalue weighted by atomic mass is 32.1. The molecule has 146 valence electrons. The molecule has 7 heteroatoms. The van der Waals surface area contributed by atoms with Gasteiger partial charge >= 0.3 is 0 Å². The average molecular weight is 405 g/mol. The Kier molecular flexibility index (Phi) is 4.98. The SMILES string of the molecule is CC(C)C(C(=O)Nc1ccc(-c2nccs2)cc1)N1C(=O)c2ccccc2C1=O. The normalized spacial score (nSPS) is 14.2. The van der Waals surface area contributed by atoms with Crippen molar-refractivity contribution in [3.05, 3.63) is 71.2 Å². The maximum atomic E-state index is 13.0. The van der Waals surface area contributed by atoms with E-state index in [2.05, 4.69) is 10.3 Å². The van der Waals surface area contributed by atoms with E-state index in [4.69, 9.17) is 0 Å². The van der Waals surface area contributed by atoms with Crippen LogP contribution < -0.4 is 5.32 Å². The predicted molar refractivity (Wildman–Crippen MR) is 112 cm³/mol. The van der Waals surface area contributed by atoms with E-state index < -0.39 is 23.8 Å². The van der Waals surface area contributed by atoms with Gasteiger partial charge in [-0.2, -0.15) is 0 Å². The Balaban J connectivity index is 1.56. The minimum atomic E-state index is -0.902. The summed E-state index contributed by atoms with van der Waals surface area (Å²) in [4.78, 5) is 44.0. The van der Waals surface area contributed by atoms with E-state index in [1.807, 2.05) is 31.4 Å². The second-order valence-corrected chi connectivity index (χ2v) is 8.01. The Hall–Kier alpha value is -3.32. The maximum absolute atomic E-state index is 13.0. The number of fused-ring (bicyclic) bond motifs is 1. The molecule has 0 saturated heterocycles. The molecule has 4 rings (SSSR count). The van der Waals surface area contributed by atoms with Crippen molar-refractivity contribution in [2.24, 2.45) is 5.92 Å². The smallest absolute Gasteiger partial charge is 0.262 e. The number of hydrogen-bond acceptors (Lipinski definition) is 5. The molecule has 1 aliphatic rings. The Morgan fingerprint density at radius 2 is 1.62 bits per heavy atom. The van der Waals surface area contributed by atoms with Gasteiger partial charge in [0.15, 0.2) is 0 Å². The average Bonchev–Trinajstić information content (AvgIpc) is 3.33. The highest BCUT2D eigenvalue weighted by Crippen LogP contribution is 2.28. The first-order valence-electron chi connectivity index (χ1n) is 9.25. The van der Waals surface area contributed by atoms with E-state index in [1.165, 1.54) is 11.3 Å². The van der Waals surface area contributed by atoms with Crippen molar-refractivity contribution >= 4 is 34.7 Å². The van der Waals surface area contributed by atoms with Gasteiger partial charge in [-0.3, -0.25) is 19.3 Å². The fourth-order valence-corrected chi connectivity index (χ4v) is 4.10. The van der Waals surface area contributed by atoms with Gasteiger partial charge < -0.3 is 5.32 Å². The number of thiazole rings is 1. The fourth-order valence-electron chi connectivity index (χ4n) is 3.46. The molecule has 2 aromatic carbocycles. The number of benzene rings is 2. The van der Waals surface area contributed by atoms with Gasteiger partial charge in [0.05, 0.1) is 11.1 Å². The lowest BCUT2D eigenvalue weighted by atomic mass is 10.0. The Morgan fingerprint density at radius 1 is 1.00 bits per heavy atom. The second-order valence-electron chi connectivity index (χ2n) is 7.12. The first-order chi connectivity index (χ1) is 14.0. The van der Waals surface area contributed by atoms with Gasteiger partial charge in [0.25, 0.3) is 11.8 Å². The van der Waals surface area contributed by atoms with E-state index in [1.54, 1.807) is 42.6 Å². The predicted octanol–water partition coefficient (Wildman–Crippen LogP) is 4.07. The van der Waals surface area contributed by atoms with Gasteiger partial charge in [0.2, 0.25) is 5.91 Å². The molecule has 1 aliphatic heterocycles. The number of carbonyl (C=O) groups is 3. The van der Waals surface area contributed by atoms with Crippen molar-refractivity contribution in [2.45, 2.75) is 19.9 Å². The summed E-state index contributed by atoms with van der Waals surface area (Å²) in [5.74, 6) is -1.50. The lowest BCUT2D eigenvalue weighted by Gasteiger charge is -2.28. The number of anilines is 1. The number of carbonyl (C=O) groups excluding carboxylic acids is 3. The van der Waals surface area contributed by atoms with Gasteiger partial charge in [-0.15, -0.1) is 11.3 Å². The maximum Gasteiger partial charge on any atom is 0.262 e. The monoisotopic (exact) mass is 405 g/mol. The Morgan fingerprint density at radius 3 is 2.14 bits per heavy atom. The first-order valence-corrected chi connectivity index (χ1v) is 10.1. The quantitative estimate of drug-likeness (QED) is 0.649. The van der Waals surface area contributed by atoms with Gasteiger partial charge in [-0.25, -0.2) is 4.98 Å². The molecule has 1 aromatic heterocycles. The van der Waals surface area contributed by atoms with E-state index in [0.717, 1.165) is 15.5 Å². The molecule has 0 bridgehead atoms. The van der Waals surface area contributed by atoms with Crippen LogP contribution in [0.4, 0.5) is 5.69 Å². The highest BCUT2D eigenvalue weighted by molar-refractivity contribution is 7.13. The summed E-state index contributed by atoms with van der Waals surface area (Å²) in [6.45, 7) is 3.64. The number of hydrogen-bond donors (Lipinski definition) is 1. The summed E-state index contributed by atoms with van der Waals surface area (Å²) in [6.07, 6.45) is 1.74. The standard InChI is InChI=1S/C22H19N3O3S/c1-13(2)18(25-21(27)16-5-3-4-6-17(16)22(25)28)19(26)24-15-9-7-14(8-10-15)20-23-11-12-29-20/h3-13,18H,1-2H3,(H,24,26). The van der Waals surface area contributed by atoms with Crippen molar-refractivity contribution in [1.29, 1.82) is 0 Å². The molecule has 29 heavy (non-hydrogen) atoms. The van der Waals surface area contributed by atoms with Crippen molar-refractivity contribution in [3.63, 3.8) is 0 Å². The summed E-state index contributed by atoms with van der Waals surface area (Å²) in [5.41, 5.74) is 2.23.